The first-order valence-electron chi connectivity index (χ1n) is 25.3. The van der Waals surface area contributed by atoms with Gasteiger partial charge in [-0.25, -0.2) is 4.57 Å². The molecular weight excluding hydrogens is 744 g/mol. The summed E-state index contributed by atoms with van der Waals surface area (Å²) in [5, 5.41) is 13.7. The van der Waals surface area contributed by atoms with Gasteiger partial charge in [0.2, 0.25) is 5.91 Å². The van der Waals surface area contributed by atoms with E-state index in [1.165, 1.54) is 205 Å². The first-order valence-corrected chi connectivity index (χ1v) is 26.8. The van der Waals surface area contributed by atoms with E-state index < -0.39 is 20.0 Å². The van der Waals surface area contributed by atoms with Crippen LogP contribution in [0.1, 0.15) is 264 Å². The van der Waals surface area contributed by atoms with Gasteiger partial charge in [-0.1, -0.05) is 251 Å². The second-order valence-corrected chi connectivity index (χ2v) is 18.8. The molecule has 5 N–H and O–H groups in total. The van der Waals surface area contributed by atoms with Crippen LogP contribution in [0.4, 0.5) is 0 Å². The molecule has 0 aliphatic carbocycles. The summed E-state index contributed by atoms with van der Waals surface area (Å²) in [4.78, 5) is 22.8. The second kappa shape index (κ2) is 45.8. The van der Waals surface area contributed by atoms with Gasteiger partial charge in [-0.15, -0.1) is 0 Å². The monoisotopic (exact) mass is 843 g/mol. The Bertz CT molecular complexity index is 922. The van der Waals surface area contributed by atoms with Crippen molar-refractivity contribution in [2.45, 2.75) is 276 Å². The number of aliphatic hydroxyl groups is 1. The van der Waals surface area contributed by atoms with Gasteiger partial charge in [0.1, 0.15) is 0 Å². The number of aliphatic hydroxyl groups excluding tert-OH is 1. The molecule has 58 heavy (non-hydrogen) atoms. The summed E-state index contributed by atoms with van der Waals surface area (Å²) in [6, 6.07) is -0.855. The predicted octanol–water partition coefficient (Wildman–Crippen LogP) is 14.7. The number of amides is 1. The molecule has 0 spiro atoms. The molecule has 0 saturated heterocycles. The Morgan fingerprint density at radius 2 is 0.879 bits per heavy atom. The highest BCUT2D eigenvalue weighted by Gasteiger charge is 2.26. The minimum absolute atomic E-state index is 0.0816. The molecule has 0 rings (SSSR count). The van der Waals surface area contributed by atoms with E-state index in [2.05, 4.69) is 19.2 Å². The zero-order chi connectivity index (χ0) is 42.5. The minimum Gasteiger partial charge on any atom is -0.387 e. The topological polar surface area (TPSA) is 131 Å². The molecule has 9 heteroatoms. The highest BCUT2D eigenvalue weighted by Crippen LogP contribution is 2.43. The summed E-state index contributed by atoms with van der Waals surface area (Å²) >= 11 is 0. The van der Waals surface area contributed by atoms with Gasteiger partial charge in [0.05, 0.1) is 25.4 Å². The van der Waals surface area contributed by atoms with Crippen LogP contribution in [-0.4, -0.2) is 47.8 Å². The summed E-state index contributed by atoms with van der Waals surface area (Å²) < 4.78 is 22.2. The number of phosphoric ester groups is 1. The lowest BCUT2D eigenvalue weighted by atomic mass is 10.0. The maximum absolute atomic E-state index is 12.8. The Balaban J connectivity index is 4.05. The Morgan fingerprint density at radius 3 is 1.22 bits per heavy atom. The molecule has 0 saturated carbocycles. The number of carbonyl (C=O) groups is 1. The molecule has 1 amide bonds. The van der Waals surface area contributed by atoms with Crippen LogP contribution in [0.25, 0.3) is 0 Å². The molecule has 0 aliphatic rings. The van der Waals surface area contributed by atoms with Gasteiger partial charge < -0.3 is 21.1 Å². The van der Waals surface area contributed by atoms with Gasteiger partial charge in [-0.2, -0.15) is 0 Å². The molecular formula is C49H99N2O6P. The van der Waals surface area contributed by atoms with Crippen molar-refractivity contribution in [1.82, 2.24) is 5.32 Å². The molecule has 0 aliphatic heterocycles. The number of allylic oxidation sites excluding steroid dienone is 1. The standard InChI is InChI=1S/C49H99N2O6P/c1-3-5-7-9-11-13-15-17-19-21-22-23-24-25-27-29-31-33-35-37-39-41-43-49(53)51-47(46-57-58(54,55)56-45-44-50)48(52)42-40-38-36-34-32-30-28-26-20-18-16-14-12-10-8-6-4-2/h40,42,47-48,52H,3-39,41,43-46,50H2,1-2H3,(H,51,53)(H,54,55)/b42-40+. The van der Waals surface area contributed by atoms with E-state index in [-0.39, 0.29) is 25.7 Å². The second-order valence-electron chi connectivity index (χ2n) is 17.4. The van der Waals surface area contributed by atoms with Gasteiger partial charge in [0.15, 0.2) is 0 Å². The number of unbranched alkanes of at least 4 members (excludes halogenated alkanes) is 36. The summed E-state index contributed by atoms with van der Waals surface area (Å²) in [7, 11) is -4.34. The molecule has 3 unspecified atom stereocenters. The van der Waals surface area contributed by atoms with Crippen LogP contribution < -0.4 is 11.1 Å². The van der Waals surface area contributed by atoms with Crippen LogP contribution in [0.15, 0.2) is 12.2 Å². The number of carbonyl (C=O) groups excluding carboxylic acids is 1. The van der Waals surface area contributed by atoms with Crippen LogP contribution in [0.3, 0.4) is 0 Å². The molecule has 0 aromatic heterocycles. The smallest absolute Gasteiger partial charge is 0.387 e. The van der Waals surface area contributed by atoms with Gasteiger partial charge in [-0.05, 0) is 19.3 Å². The lowest BCUT2D eigenvalue weighted by Gasteiger charge is -2.23. The SMILES string of the molecule is CCCCCCCCCCCCCCCCC/C=C/C(O)C(COP(=O)(O)OCCN)NC(=O)CCCCCCCCCCCCCCCCCCCCCCCC. The molecule has 0 fully saturated rings. The van der Waals surface area contributed by atoms with Gasteiger partial charge in [0.25, 0.3) is 0 Å². The molecule has 0 radical (unpaired) electrons. The third-order valence-corrected chi connectivity index (χ3v) is 12.6. The highest BCUT2D eigenvalue weighted by atomic mass is 31.2. The van der Waals surface area contributed by atoms with E-state index in [9.17, 15) is 19.4 Å². The number of hydrogen-bond acceptors (Lipinski definition) is 6. The quantitative estimate of drug-likeness (QED) is 0.0272. The average molecular weight is 843 g/mol. The molecule has 0 bridgehead atoms. The van der Waals surface area contributed by atoms with E-state index in [1.807, 2.05) is 6.08 Å². The largest absolute Gasteiger partial charge is 0.472 e. The van der Waals surface area contributed by atoms with Crippen molar-refractivity contribution < 1.29 is 28.4 Å². The Morgan fingerprint density at radius 1 is 0.552 bits per heavy atom. The van der Waals surface area contributed by atoms with Crippen molar-refractivity contribution in [1.29, 1.82) is 0 Å². The number of nitrogens with one attached hydrogen (secondary N) is 1. The van der Waals surface area contributed by atoms with E-state index in [4.69, 9.17) is 14.8 Å². The number of rotatable bonds is 48. The lowest BCUT2D eigenvalue weighted by molar-refractivity contribution is -0.123. The van der Waals surface area contributed by atoms with E-state index in [0.29, 0.717) is 6.42 Å². The minimum atomic E-state index is -4.34. The Hall–Kier alpha value is -0.760. The van der Waals surface area contributed by atoms with Crippen LogP contribution in [0.2, 0.25) is 0 Å². The first kappa shape index (κ1) is 57.2. The van der Waals surface area contributed by atoms with Gasteiger partial charge in [-0.3, -0.25) is 13.8 Å². The number of nitrogens with two attached hydrogens (primary N) is 1. The third kappa shape index (κ3) is 43.3. The fourth-order valence-electron chi connectivity index (χ4n) is 7.78. The number of phosphoric acid groups is 1. The van der Waals surface area contributed by atoms with Crippen LogP contribution >= 0.6 is 7.82 Å². The lowest BCUT2D eigenvalue weighted by Crippen LogP contribution is -2.45. The number of hydrogen-bond donors (Lipinski definition) is 4. The molecule has 3 atom stereocenters. The zero-order valence-electron chi connectivity index (χ0n) is 38.6. The molecule has 346 valence electrons. The van der Waals surface area contributed by atoms with Crippen molar-refractivity contribution in [3.8, 4) is 0 Å². The van der Waals surface area contributed by atoms with Crippen LogP contribution in [0, 0.1) is 0 Å². The maximum Gasteiger partial charge on any atom is 0.472 e. The van der Waals surface area contributed by atoms with Gasteiger partial charge in [0, 0.05) is 13.0 Å². The average Bonchev–Trinajstić information content (AvgIpc) is 3.21. The molecule has 8 nitrogen and oxygen atoms in total. The zero-order valence-corrected chi connectivity index (χ0v) is 39.5. The fraction of sp³-hybridized carbons (Fsp3) is 0.939. The molecule has 0 aromatic rings. The first-order chi connectivity index (χ1) is 28.4. The third-order valence-electron chi connectivity index (χ3n) is 11.6. The highest BCUT2D eigenvalue weighted by molar-refractivity contribution is 7.47. The van der Waals surface area contributed by atoms with Crippen LogP contribution in [0.5, 0.6) is 0 Å². The summed E-state index contributed by atoms with van der Waals surface area (Å²) in [5.74, 6) is -0.188. The summed E-state index contributed by atoms with van der Waals surface area (Å²) in [6.07, 6.45) is 52.7. The normalized spacial score (nSPS) is 13.9. The van der Waals surface area contributed by atoms with E-state index in [1.54, 1.807) is 6.08 Å². The molecule has 0 heterocycles. The molecule has 0 aromatic carbocycles. The van der Waals surface area contributed by atoms with Crippen molar-refractivity contribution in [2.75, 3.05) is 19.8 Å². The van der Waals surface area contributed by atoms with Crippen molar-refractivity contribution in [3.05, 3.63) is 12.2 Å². The fourth-order valence-corrected chi connectivity index (χ4v) is 8.54. The van der Waals surface area contributed by atoms with Crippen molar-refractivity contribution in [3.63, 3.8) is 0 Å². The summed E-state index contributed by atoms with van der Waals surface area (Å²) in [5.41, 5.74) is 5.39. The van der Waals surface area contributed by atoms with E-state index in [0.717, 1.165) is 38.5 Å². The van der Waals surface area contributed by atoms with Crippen LogP contribution in [-0.2, 0) is 18.4 Å². The van der Waals surface area contributed by atoms with Crippen molar-refractivity contribution in [2.24, 2.45) is 5.73 Å². The summed E-state index contributed by atoms with van der Waals surface area (Å²) in [6.45, 7) is 4.18. The Labute approximate surface area is 360 Å². The maximum atomic E-state index is 12.8. The Kier molecular flexibility index (Phi) is 45.2. The predicted molar refractivity (Wildman–Crippen MR) is 249 cm³/mol. The van der Waals surface area contributed by atoms with E-state index >= 15 is 0 Å². The van der Waals surface area contributed by atoms with Crippen molar-refractivity contribution >= 4 is 13.7 Å². The van der Waals surface area contributed by atoms with Gasteiger partial charge >= 0.3 is 7.82 Å².